The van der Waals surface area contributed by atoms with Gasteiger partial charge >= 0.3 is 0 Å². The molecule has 0 heterocycles. The third-order valence-corrected chi connectivity index (χ3v) is 18.3. The van der Waals surface area contributed by atoms with Gasteiger partial charge in [-0.1, -0.05) is 133 Å². The Morgan fingerprint density at radius 2 is 0.791 bits per heavy atom. The van der Waals surface area contributed by atoms with Crippen molar-refractivity contribution in [1.29, 1.82) is 0 Å². The number of ether oxygens (including phenoxy) is 4. The second-order valence-electron chi connectivity index (χ2n) is 18.7. The Bertz CT molecular complexity index is 2680. The standard InChI is InChI=1S/C57H66O8P2/c1-40-35-42(3)52(54(58)66(60,46-23-15-11-16-24-46)47-25-17-12-18-26-47)44(5)50(40)37-62-32-31-56(7,8)65-39-57(9,10)64-34-33-63-38-51-41(2)36-43(4)53(45(51)6)55(59)67(61,48-27-19-13-20-28-48)49-29-21-14-22-30-49/h11-30,35-36H,31-34,37-39H2,1-10H3. The summed E-state index contributed by atoms with van der Waals surface area (Å²) in [5, 5.41) is 2.04. The lowest BCUT2D eigenvalue weighted by atomic mass is 9.94. The average Bonchev–Trinajstić information content (AvgIpc) is 3.31. The molecular formula is C57H66O8P2. The van der Waals surface area contributed by atoms with E-state index in [-0.39, 0.29) is 17.7 Å². The molecule has 10 heteroatoms. The first-order valence-electron chi connectivity index (χ1n) is 23.0. The van der Waals surface area contributed by atoms with Crippen molar-refractivity contribution < 1.29 is 37.7 Å². The fraction of sp³-hybridized carbons (Fsp3) is 0.333. The summed E-state index contributed by atoms with van der Waals surface area (Å²) in [5.74, 6) is 0. The van der Waals surface area contributed by atoms with Gasteiger partial charge in [0.25, 0.3) is 0 Å². The van der Waals surface area contributed by atoms with Crippen LogP contribution in [-0.2, 0) is 41.3 Å². The molecule has 8 nitrogen and oxygen atoms in total. The zero-order valence-corrected chi connectivity index (χ0v) is 42.6. The van der Waals surface area contributed by atoms with Crippen molar-refractivity contribution in [2.75, 3.05) is 26.4 Å². The molecule has 0 aliphatic rings. The number of rotatable bonds is 22. The van der Waals surface area contributed by atoms with E-state index in [1.807, 2.05) is 154 Å². The minimum absolute atomic E-state index is 0.272. The van der Waals surface area contributed by atoms with Crippen molar-refractivity contribution in [1.82, 2.24) is 0 Å². The molecule has 0 N–H and O–H groups in total. The van der Waals surface area contributed by atoms with Crippen LogP contribution in [0.3, 0.4) is 0 Å². The van der Waals surface area contributed by atoms with Crippen molar-refractivity contribution in [3.8, 4) is 0 Å². The predicted molar refractivity (Wildman–Crippen MR) is 273 cm³/mol. The van der Waals surface area contributed by atoms with Crippen molar-refractivity contribution in [3.63, 3.8) is 0 Å². The van der Waals surface area contributed by atoms with Crippen LogP contribution in [0.15, 0.2) is 133 Å². The molecule has 0 atom stereocenters. The van der Waals surface area contributed by atoms with E-state index >= 15 is 0 Å². The van der Waals surface area contributed by atoms with E-state index in [4.69, 9.17) is 18.9 Å². The molecule has 0 aromatic heterocycles. The Morgan fingerprint density at radius 3 is 1.15 bits per heavy atom. The van der Waals surface area contributed by atoms with E-state index in [9.17, 15) is 18.7 Å². The van der Waals surface area contributed by atoms with Gasteiger partial charge in [0.2, 0.25) is 25.3 Å². The second-order valence-corrected chi connectivity index (χ2v) is 24.0. The van der Waals surface area contributed by atoms with Gasteiger partial charge in [0.1, 0.15) is 0 Å². The molecule has 0 radical (unpaired) electrons. The molecule has 0 bridgehead atoms. The van der Waals surface area contributed by atoms with Gasteiger partial charge < -0.3 is 28.1 Å². The average molecular weight is 941 g/mol. The lowest BCUT2D eigenvalue weighted by Crippen LogP contribution is -2.38. The molecule has 6 aromatic carbocycles. The summed E-state index contributed by atoms with van der Waals surface area (Å²) in [6, 6.07) is 40.1. The van der Waals surface area contributed by atoms with Crippen molar-refractivity contribution in [2.24, 2.45) is 0 Å². The van der Waals surface area contributed by atoms with Gasteiger partial charge in [-0.15, -0.1) is 0 Å². The Labute approximate surface area is 398 Å². The summed E-state index contributed by atoms with van der Waals surface area (Å²) in [4.78, 5) is 29.1. The third-order valence-electron chi connectivity index (χ3n) is 12.6. The van der Waals surface area contributed by atoms with E-state index in [1.165, 1.54) is 0 Å². The number of carbonyl (C=O) groups excluding carboxylic acids is 2. The van der Waals surface area contributed by atoms with Crippen LogP contribution in [0, 0.1) is 41.5 Å². The summed E-state index contributed by atoms with van der Waals surface area (Å²) in [5.41, 5.74) is 6.02. The lowest BCUT2D eigenvalue weighted by molar-refractivity contribution is -0.133. The maximum atomic E-state index is 15.0. The summed E-state index contributed by atoms with van der Waals surface area (Å²) >= 11 is 0. The number of hydrogen-bond donors (Lipinski definition) is 0. The lowest BCUT2D eigenvalue weighted by Gasteiger charge is -2.32. The number of hydrogen-bond acceptors (Lipinski definition) is 8. The molecule has 0 saturated carbocycles. The molecule has 0 amide bonds. The molecular weight excluding hydrogens is 875 g/mol. The summed E-state index contributed by atoms with van der Waals surface area (Å²) in [7, 11) is -7.38. The van der Waals surface area contributed by atoms with Crippen LogP contribution < -0.4 is 21.2 Å². The predicted octanol–water partition coefficient (Wildman–Crippen LogP) is 11.6. The van der Waals surface area contributed by atoms with Gasteiger partial charge in [-0.05, 0) is 120 Å². The minimum Gasteiger partial charge on any atom is -0.377 e. The largest absolute Gasteiger partial charge is 0.377 e. The van der Waals surface area contributed by atoms with E-state index in [0.29, 0.717) is 71.8 Å². The molecule has 67 heavy (non-hydrogen) atoms. The van der Waals surface area contributed by atoms with Crippen LogP contribution in [0.1, 0.15) is 99.3 Å². The minimum atomic E-state index is -3.69. The van der Waals surface area contributed by atoms with Gasteiger partial charge in [-0.3, -0.25) is 9.59 Å². The number of aryl methyl sites for hydroxylation is 4. The third kappa shape index (κ3) is 11.6. The fourth-order valence-electron chi connectivity index (χ4n) is 8.72. The fourth-order valence-corrected chi connectivity index (χ4v) is 13.9. The summed E-state index contributed by atoms with van der Waals surface area (Å²) in [6.07, 6.45) is 0.616. The molecule has 0 aliphatic heterocycles. The maximum Gasteiger partial charge on any atom is 0.230 e. The molecule has 352 valence electrons. The Hall–Kier alpha value is -5.04. The van der Waals surface area contributed by atoms with Gasteiger partial charge in [0, 0.05) is 39.0 Å². The van der Waals surface area contributed by atoms with Crippen LogP contribution >= 0.6 is 14.3 Å². The Morgan fingerprint density at radius 1 is 0.448 bits per heavy atom. The monoisotopic (exact) mass is 940 g/mol. The Balaban J connectivity index is 1.02. The van der Waals surface area contributed by atoms with Gasteiger partial charge in [0.15, 0.2) is 0 Å². The molecule has 0 unspecified atom stereocenters. The summed E-state index contributed by atoms with van der Waals surface area (Å²) < 4.78 is 55.0. The zero-order chi connectivity index (χ0) is 48.6. The molecule has 0 fully saturated rings. The topological polar surface area (TPSA) is 105 Å². The van der Waals surface area contributed by atoms with Crippen LogP contribution in [0.25, 0.3) is 0 Å². The van der Waals surface area contributed by atoms with Crippen molar-refractivity contribution in [3.05, 3.63) is 189 Å². The van der Waals surface area contributed by atoms with Crippen LogP contribution in [0.2, 0.25) is 0 Å². The van der Waals surface area contributed by atoms with Gasteiger partial charge in [-0.2, -0.15) is 0 Å². The highest BCUT2D eigenvalue weighted by Crippen LogP contribution is 2.50. The SMILES string of the molecule is Cc1cc(C)c(C(=O)P(=O)(c2ccccc2)c2ccccc2)c(C)c1COCCOC(C)(C)COC(C)(C)CCOCc1c(C)cc(C)c(C(=O)P(=O)(c2ccccc2)c2ccccc2)c1C. The number of carbonyl (C=O) groups is 2. The first kappa shape index (κ1) is 51.4. The van der Waals surface area contributed by atoms with Crippen LogP contribution in [0.5, 0.6) is 0 Å². The smallest absolute Gasteiger partial charge is 0.230 e. The van der Waals surface area contributed by atoms with E-state index in [1.54, 1.807) is 48.5 Å². The number of benzene rings is 6. The van der Waals surface area contributed by atoms with Gasteiger partial charge in [0.05, 0.1) is 44.2 Å². The zero-order valence-electron chi connectivity index (χ0n) is 40.8. The highest BCUT2D eigenvalue weighted by atomic mass is 31.2. The highest BCUT2D eigenvalue weighted by molar-refractivity contribution is 7.94. The van der Waals surface area contributed by atoms with E-state index in [2.05, 4.69) is 0 Å². The molecule has 0 aliphatic carbocycles. The normalized spacial score (nSPS) is 12.3. The first-order valence-corrected chi connectivity index (χ1v) is 26.4. The van der Waals surface area contributed by atoms with Crippen molar-refractivity contribution in [2.45, 2.75) is 100 Å². The summed E-state index contributed by atoms with van der Waals surface area (Å²) in [6.45, 7) is 21.7. The maximum absolute atomic E-state index is 15.0. The van der Waals surface area contributed by atoms with Crippen LogP contribution in [0.4, 0.5) is 0 Å². The molecule has 0 saturated heterocycles. The molecule has 6 aromatic rings. The Kier molecular flexibility index (Phi) is 16.8. The molecule has 6 rings (SSSR count). The van der Waals surface area contributed by atoms with Crippen LogP contribution in [-0.4, -0.2) is 48.7 Å². The highest BCUT2D eigenvalue weighted by Gasteiger charge is 2.40. The quantitative estimate of drug-likeness (QED) is 0.0489. The molecule has 0 spiro atoms. The second kappa shape index (κ2) is 21.9. The van der Waals surface area contributed by atoms with E-state index < -0.39 is 25.5 Å². The van der Waals surface area contributed by atoms with Gasteiger partial charge in [-0.25, -0.2) is 0 Å². The van der Waals surface area contributed by atoms with Crippen molar-refractivity contribution >= 4 is 46.6 Å². The first-order chi connectivity index (χ1) is 31.8. The van der Waals surface area contributed by atoms with E-state index in [0.717, 1.165) is 44.5 Å².